The van der Waals surface area contributed by atoms with Crippen LogP contribution >= 0.6 is 0 Å². The number of hydrogen-bond donors (Lipinski definition) is 0. The number of para-hydroxylation sites is 4. The van der Waals surface area contributed by atoms with Crippen molar-refractivity contribution >= 4 is 87.5 Å². The first kappa shape index (κ1) is 38.9. The molecule has 0 N–H and O–H groups in total. The van der Waals surface area contributed by atoms with Crippen molar-refractivity contribution in [3.05, 3.63) is 205 Å². The average molecular weight is 894 g/mol. The highest BCUT2D eigenvalue weighted by atomic mass is 16.3. The Bertz CT molecular complexity index is 4430. The summed E-state index contributed by atoms with van der Waals surface area (Å²) in [6, 6.07) is 69.1. The van der Waals surface area contributed by atoms with E-state index in [0.29, 0.717) is 50.8 Å². The lowest BCUT2D eigenvalue weighted by Gasteiger charge is -2.15. The summed E-state index contributed by atoms with van der Waals surface area (Å²) < 4.78 is 16.9. The monoisotopic (exact) mass is 893 g/mol. The Morgan fingerprint density at radius 2 is 0.786 bits per heavy atom. The maximum absolute atomic E-state index is 11.1. The van der Waals surface area contributed by atoms with Crippen LogP contribution in [0.15, 0.2) is 197 Å². The van der Waals surface area contributed by atoms with Crippen LogP contribution in [0.4, 0.5) is 0 Å². The highest BCUT2D eigenvalue weighted by Gasteiger charge is 2.24. The van der Waals surface area contributed by atoms with Gasteiger partial charge in [0.25, 0.3) is 0 Å². The minimum atomic E-state index is 0.209. The van der Waals surface area contributed by atoms with E-state index in [-0.39, 0.29) is 5.56 Å². The second kappa shape index (κ2) is 14.9. The van der Waals surface area contributed by atoms with Crippen molar-refractivity contribution in [2.45, 2.75) is 0 Å². The van der Waals surface area contributed by atoms with E-state index in [2.05, 4.69) is 88.0 Å². The molecule has 0 bridgehead atoms. The summed E-state index contributed by atoms with van der Waals surface area (Å²) in [5, 5.41) is 41.3. The molecule has 70 heavy (non-hydrogen) atoms. The Balaban J connectivity index is 0.949. The van der Waals surface area contributed by atoms with Gasteiger partial charge in [-0.25, -0.2) is 9.97 Å². The molecule has 14 aromatic rings. The molecule has 322 valence electrons. The van der Waals surface area contributed by atoms with Crippen molar-refractivity contribution in [1.29, 1.82) is 15.8 Å². The lowest BCUT2D eigenvalue weighted by molar-refractivity contribution is 0.669. The minimum absolute atomic E-state index is 0.209. The van der Waals surface area contributed by atoms with Gasteiger partial charge in [0.15, 0.2) is 5.82 Å². The van der Waals surface area contributed by atoms with E-state index < -0.39 is 0 Å². The predicted molar refractivity (Wildman–Crippen MR) is 276 cm³/mol. The van der Waals surface area contributed by atoms with E-state index in [0.717, 1.165) is 93.1 Å². The zero-order chi connectivity index (χ0) is 46.6. The van der Waals surface area contributed by atoms with Gasteiger partial charge < -0.3 is 18.0 Å². The number of fused-ring (bicyclic) bond motifs is 12. The van der Waals surface area contributed by atoms with E-state index in [1.54, 1.807) is 12.1 Å². The average Bonchev–Trinajstić information content (AvgIpc) is 4.16. The van der Waals surface area contributed by atoms with Gasteiger partial charge in [0.2, 0.25) is 0 Å². The van der Waals surface area contributed by atoms with Crippen LogP contribution in [0.3, 0.4) is 0 Å². The molecule has 5 heterocycles. The van der Waals surface area contributed by atoms with Crippen LogP contribution in [-0.2, 0) is 0 Å². The summed E-state index contributed by atoms with van der Waals surface area (Å²) in [4.78, 5) is 10.1. The van der Waals surface area contributed by atoms with E-state index in [4.69, 9.17) is 18.8 Å². The fourth-order valence-corrected chi connectivity index (χ4v) is 10.5. The molecule has 0 unspecified atom stereocenters. The largest absolute Gasteiger partial charge is 0.456 e. The Kier molecular flexibility index (Phi) is 8.27. The molecule has 9 heteroatoms. The molecular formula is C61H31N7O2. The smallest absolute Gasteiger partial charge is 0.160 e. The van der Waals surface area contributed by atoms with Crippen LogP contribution in [0, 0.1) is 34.0 Å². The quantitative estimate of drug-likeness (QED) is 0.168. The van der Waals surface area contributed by atoms with Crippen molar-refractivity contribution < 1.29 is 8.83 Å². The van der Waals surface area contributed by atoms with E-state index >= 15 is 0 Å². The standard InChI is InChI=1S/C61H31N7O2/c62-32-38-26-36(22-24-49(38)67-51-18-8-4-14-40(51)44-28-46-42-16-6-10-20-55(42)69-57(46)30-53(44)67)59-48(34-64)60(66-61(65-59)35-12-2-1-3-13-35)37-23-25-50(39(27-37)33-63)68-52-19-9-5-15-41(52)45-29-47-43-17-7-11-21-56(43)70-58(47)31-54(45)68/h1-31H. The van der Waals surface area contributed by atoms with Gasteiger partial charge in [-0.1, -0.05) is 115 Å². The van der Waals surface area contributed by atoms with Crippen molar-refractivity contribution in [2.24, 2.45) is 0 Å². The molecule has 9 aromatic carbocycles. The number of aromatic nitrogens is 4. The van der Waals surface area contributed by atoms with Gasteiger partial charge in [0.1, 0.15) is 46.1 Å². The topological polar surface area (TPSA) is 133 Å². The first-order chi connectivity index (χ1) is 34.6. The molecular weight excluding hydrogens is 863 g/mol. The molecule has 0 aliphatic carbocycles. The molecule has 0 aliphatic rings. The fourth-order valence-electron chi connectivity index (χ4n) is 10.5. The van der Waals surface area contributed by atoms with Crippen LogP contribution in [-0.4, -0.2) is 19.1 Å². The van der Waals surface area contributed by atoms with Crippen LogP contribution in [0.2, 0.25) is 0 Å². The molecule has 14 rings (SSSR count). The molecule has 5 aromatic heterocycles. The highest BCUT2D eigenvalue weighted by Crippen LogP contribution is 2.42. The van der Waals surface area contributed by atoms with Crippen LogP contribution in [0.5, 0.6) is 0 Å². The van der Waals surface area contributed by atoms with Crippen LogP contribution in [0.25, 0.3) is 133 Å². The Labute approximate surface area is 397 Å². The Hall–Kier alpha value is -10.3. The van der Waals surface area contributed by atoms with Crippen LogP contribution in [0.1, 0.15) is 16.7 Å². The summed E-state index contributed by atoms with van der Waals surface area (Å²) in [7, 11) is 0. The second-order valence-electron chi connectivity index (χ2n) is 17.4. The third kappa shape index (κ3) is 5.63. The summed E-state index contributed by atoms with van der Waals surface area (Å²) in [5.74, 6) is 0.393. The number of furan rings is 2. The molecule has 0 saturated carbocycles. The second-order valence-corrected chi connectivity index (χ2v) is 17.4. The molecule has 0 atom stereocenters. The number of hydrogen-bond acceptors (Lipinski definition) is 7. The highest BCUT2D eigenvalue weighted by molar-refractivity contribution is 6.19. The van der Waals surface area contributed by atoms with Gasteiger partial charge in [0.05, 0.1) is 56.0 Å². The fraction of sp³-hybridized carbons (Fsp3) is 0. The van der Waals surface area contributed by atoms with Crippen molar-refractivity contribution in [3.63, 3.8) is 0 Å². The first-order valence-corrected chi connectivity index (χ1v) is 22.7. The van der Waals surface area contributed by atoms with Crippen molar-refractivity contribution in [2.75, 3.05) is 0 Å². The first-order valence-electron chi connectivity index (χ1n) is 22.7. The van der Waals surface area contributed by atoms with Gasteiger partial charge >= 0.3 is 0 Å². The lowest BCUT2D eigenvalue weighted by atomic mass is 9.97. The molecule has 0 aliphatic heterocycles. The number of benzene rings is 9. The zero-order valence-corrected chi connectivity index (χ0v) is 36.8. The molecule has 0 spiro atoms. The summed E-state index contributed by atoms with van der Waals surface area (Å²) in [6.45, 7) is 0. The SMILES string of the molecule is N#Cc1cc(-c2nc(-c3ccccc3)nc(-c3ccc(-n4c5ccccc5c5cc6c(cc54)oc4ccccc46)c(C#N)c3)c2C#N)ccc1-n1c2ccccc2c2cc3c(cc21)oc1ccccc13. The van der Waals surface area contributed by atoms with Gasteiger partial charge in [0, 0.05) is 71.9 Å². The normalized spacial score (nSPS) is 11.7. The maximum atomic E-state index is 11.1. The van der Waals surface area contributed by atoms with E-state index in [1.807, 2.05) is 115 Å². The van der Waals surface area contributed by atoms with E-state index in [9.17, 15) is 15.8 Å². The Morgan fingerprint density at radius 3 is 1.26 bits per heavy atom. The number of rotatable bonds is 5. The van der Waals surface area contributed by atoms with Gasteiger partial charge in [-0.3, -0.25) is 0 Å². The van der Waals surface area contributed by atoms with Gasteiger partial charge in [-0.15, -0.1) is 0 Å². The summed E-state index contributed by atoms with van der Waals surface area (Å²) in [5.41, 5.74) is 11.7. The number of nitriles is 3. The van der Waals surface area contributed by atoms with Gasteiger partial charge in [-0.05, 0) is 60.7 Å². The van der Waals surface area contributed by atoms with Crippen molar-refractivity contribution in [1.82, 2.24) is 19.1 Å². The molecule has 0 saturated heterocycles. The molecule has 9 nitrogen and oxygen atoms in total. The zero-order valence-electron chi connectivity index (χ0n) is 36.8. The molecule has 0 radical (unpaired) electrons. The van der Waals surface area contributed by atoms with Crippen LogP contribution < -0.4 is 0 Å². The molecule has 0 amide bonds. The van der Waals surface area contributed by atoms with Gasteiger partial charge in [-0.2, -0.15) is 15.8 Å². The third-order valence-corrected chi connectivity index (χ3v) is 13.7. The molecule has 0 fully saturated rings. The van der Waals surface area contributed by atoms with Crippen molar-refractivity contribution in [3.8, 4) is 63.5 Å². The summed E-state index contributed by atoms with van der Waals surface area (Å²) >= 11 is 0. The lowest BCUT2D eigenvalue weighted by Crippen LogP contribution is -2.03. The maximum Gasteiger partial charge on any atom is 0.160 e. The van der Waals surface area contributed by atoms with E-state index in [1.165, 1.54) is 0 Å². The third-order valence-electron chi connectivity index (χ3n) is 13.7. The summed E-state index contributed by atoms with van der Waals surface area (Å²) in [6.07, 6.45) is 0. The minimum Gasteiger partial charge on any atom is -0.456 e. The Morgan fingerprint density at radius 1 is 0.343 bits per heavy atom. The number of nitrogens with zero attached hydrogens (tertiary/aromatic N) is 7. The predicted octanol–water partition coefficient (Wildman–Crippen LogP) is 15.1.